The lowest BCUT2D eigenvalue weighted by atomic mass is 10.0. The molecule has 0 radical (unpaired) electrons. The van der Waals surface area contributed by atoms with Crippen LogP contribution in [0.4, 0.5) is 0 Å². The molecule has 8 heteroatoms. The van der Waals surface area contributed by atoms with E-state index in [9.17, 15) is 19.2 Å². The Bertz CT molecular complexity index is 533. The number of hydrogen-bond acceptors (Lipinski definition) is 5. The summed E-state index contributed by atoms with van der Waals surface area (Å²) < 4.78 is 0. The largest absolute Gasteiger partial charge is 0.354 e. The van der Waals surface area contributed by atoms with E-state index >= 15 is 0 Å². The minimum atomic E-state index is -0.778. The highest BCUT2D eigenvalue weighted by Gasteiger charge is 2.22. The molecule has 1 unspecified atom stereocenters. The summed E-state index contributed by atoms with van der Waals surface area (Å²) in [6.45, 7) is 12.5. The van der Waals surface area contributed by atoms with Gasteiger partial charge in [-0.2, -0.15) is 0 Å². The van der Waals surface area contributed by atoms with Crippen molar-refractivity contribution in [3.8, 4) is 0 Å². The number of rotatable bonds is 15. The number of hydrogen-bond donors (Lipinski definition) is 4. The maximum atomic E-state index is 12.5. The Hall–Kier alpha value is -1.96. The van der Waals surface area contributed by atoms with Gasteiger partial charge in [-0.05, 0) is 26.7 Å². The highest BCUT2D eigenvalue weighted by atomic mass is 16.2. The summed E-state index contributed by atoms with van der Waals surface area (Å²) in [6.07, 6.45) is 1.34. The lowest BCUT2D eigenvalue weighted by Gasteiger charge is -2.19. The number of ketones is 1. The third-order valence-corrected chi connectivity index (χ3v) is 4.21. The molecule has 29 heavy (non-hydrogen) atoms. The van der Waals surface area contributed by atoms with Gasteiger partial charge in [0.25, 0.3) is 0 Å². The molecule has 0 saturated heterocycles. The number of carbonyl (C=O) groups excluding carboxylic acids is 4. The summed E-state index contributed by atoms with van der Waals surface area (Å²) in [5, 5.41) is 11.5. The van der Waals surface area contributed by atoms with E-state index < -0.39 is 6.04 Å². The Morgan fingerprint density at radius 3 is 1.90 bits per heavy atom. The standard InChI is InChI=1S/C21H40N4O4/c1-14(2)18(26)8-7-9-19(27)25-17(10-11-20(28)24-16(5)6)21(29)23-13-12-22-15(3)4/h14-17,22H,7-13H2,1-6H3,(H,23,29)(H,24,28)(H,25,27). The molecule has 1 atom stereocenters. The Kier molecular flexibility index (Phi) is 13.9. The number of carbonyl (C=O) groups is 4. The number of amides is 3. The first kappa shape index (κ1) is 27.0. The first-order valence-electron chi connectivity index (χ1n) is 10.6. The molecule has 0 fully saturated rings. The maximum absolute atomic E-state index is 12.5. The van der Waals surface area contributed by atoms with Crippen molar-refractivity contribution in [2.75, 3.05) is 13.1 Å². The van der Waals surface area contributed by atoms with Crippen LogP contribution in [0.15, 0.2) is 0 Å². The minimum absolute atomic E-state index is 0.0185. The zero-order chi connectivity index (χ0) is 22.4. The van der Waals surface area contributed by atoms with Gasteiger partial charge in [-0.3, -0.25) is 19.2 Å². The van der Waals surface area contributed by atoms with E-state index in [4.69, 9.17) is 0 Å². The van der Waals surface area contributed by atoms with Crippen LogP contribution in [0.2, 0.25) is 0 Å². The monoisotopic (exact) mass is 412 g/mol. The van der Waals surface area contributed by atoms with Crippen LogP contribution in [0, 0.1) is 5.92 Å². The van der Waals surface area contributed by atoms with Crippen molar-refractivity contribution in [1.29, 1.82) is 0 Å². The Morgan fingerprint density at radius 1 is 0.724 bits per heavy atom. The number of nitrogens with one attached hydrogen (secondary N) is 4. The van der Waals surface area contributed by atoms with Gasteiger partial charge in [0.15, 0.2) is 0 Å². The van der Waals surface area contributed by atoms with Gasteiger partial charge >= 0.3 is 0 Å². The van der Waals surface area contributed by atoms with E-state index in [1.807, 2.05) is 41.5 Å². The third kappa shape index (κ3) is 14.7. The van der Waals surface area contributed by atoms with E-state index in [1.54, 1.807) is 0 Å². The predicted octanol–water partition coefficient (Wildman–Crippen LogP) is 1.29. The Morgan fingerprint density at radius 2 is 1.34 bits per heavy atom. The molecule has 0 aromatic carbocycles. The van der Waals surface area contributed by atoms with Gasteiger partial charge in [-0.1, -0.05) is 27.7 Å². The van der Waals surface area contributed by atoms with Crippen LogP contribution in [0.25, 0.3) is 0 Å². The molecule has 0 aromatic heterocycles. The smallest absolute Gasteiger partial charge is 0.242 e. The highest BCUT2D eigenvalue weighted by molar-refractivity contribution is 5.88. The second kappa shape index (κ2) is 15.0. The molecule has 0 aliphatic rings. The fourth-order valence-electron chi connectivity index (χ4n) is 2.59. The van der Waals surface area contributed by atoms with Crippen molar-refractivity contribution in [1.82, 2.24) is 21.3 Å². The van der Waals surface area contributed by atoms with Crippen LogP contribution < -0.4 is 21.3 Å². The molecule has 3 amide bonds. The summed E-state index contributed by atoms with van der Waals surface area (Å²) in [4.78, 5) is 48.3. The second-order valence-corrected chi connectivity index (χ2v) is 8.26. The molecule has 0 saturated carbocycles. The Balaban J connectivity index is 4.63. The lowest BCUT2D eigenvalue weighted by molar-refractivity contribution is -0.130. The molecule has 4 N–H and O–H groups in total. The molecule has 0 rings (SSSR count). The summed E-state index contributed by atoms with van der Waals surface area (Å²) in [7, 11) is 0. The highest BCUT2D eigenvalue weighted by Crippen LogP contribution is 2.05. The third-order valence-electron chi connectivity index (χ3n) is 4.21. The molecule has 0 heterocycles. The minimum Gasteiger partial charge on any atom is -0.354 e. The van der Waals surface area contributed by atoms with Gasteiger partial charge in [0.2, 0.25) is 17.7 Å². The lowest BCUT2D eigenvalue weighted by Crippen LogP contribution is -2.48. The molecular formula is C21H40N4O4. The van der Waals surface area contributed by atoms with Crippen LogP contribution in [-0.2, 0) is 19.2 Å². The number of Topliss-reactive ketones (excluding diaryl/α,β-unsaturated/α-hetero) is 1. The fourth-order valence-corrected chi connectivity index (χ4v) is 2.59. The van der Waals surface area contributed by atoms with Crippen molar-refractivity contribution in [2.24, 2.45) is 5.92 Å². The van der Waals surface area contributed by atoms with E-state index in [-0.39, 0.29) is 54.7 Å². The Labute approximate surface area is 175 Å². The quantitative estimate of drug-likeness (QED) is 0.302. The van der Waals surface area contributed by atoms with E-state index in [2.05, 4.69) is 21.3 Å². The predicted molar refractivity (Wildman–Crippen MR) is 114 cm³/mol. The zero-order valence-electron chi connectivity index (χ0n) is 18.9. The van der Waals surface area contributed by atoms with Crippen LogP contribution >= 0.6 is 0 Å². The zero-order valence-corrected chi connectivity index (χ0v) is 18.9. The maximum Gasteiger partial charge on any atom is 0.242 e. The van der Waals surface area contributed by atoms with Gasteiger partial charge < -0.3 is 21.3 Å². The van der Waals surface area contributed by atoms with Crippen molar-refractivity contribution < 1.29 is 19.2 Å². The molecular weight excluding hydrogens is 372 g/mol. The van der Waals surface area contributed by atoms with Crippen molar-refractivity contribution in [3.05, 3.63) is 0 Å². The van der Waals surface area contributed by atoms with Gasteiger partial charge in [0.1, 0.15) is 11.8 Å². The molecule has 0 aliphatic carbocycles. The van der Waals surface area contributed by atoms with Crippen molar-refractivity contribution >= 4 is 23.5 Å². The molecule has 168 valence electrons. The molecule has 0 bridgehead atoms. The SMILES string of the molecule is CC(C)NCCNC(=O)C(CCC(=O)NC(C)C)NC(=O)CCCC(=O)C(C)C. The normalized spacial score (nSPS) is 12.2. The average molecular weight is 413 g/mol. The van der Waals surface area contributed by atoms with Gasteiger partial charge in [-0.15, -0.1) is 0 Å². The van der Waals surface area contributed by atoms with Gasteiger partial charge in [-0.25, -0.2) is 0 Å². The van der Waals surface area contributed by atoms with Gasteiger partial charge in [0, 0.05) is 50.4 Å². The van der Waals surface area contributed by atoms with Crippen LogP contribution in [0.1, 0.15) is 73.6 Å². The second-order valence-electron chi connectivity index (χ2n) is 8.26. The summed E-state index contributed by atoms with van der Waals surface area (Å²) in [6, 6.07) is -0.444. The van der Waals surface area contributed by atoms with Crippen molar-refractivity contribution in [2.45, 2.75) is 91.8 Å². The molecule has 0 aromatic rings. The fraction of sp³-hybridized carbons (Fsp3) is 0.810. The molecule has 0 aliphatic heterocycles. The van der Waals surface area contributed by atoms with E-state index in [0.717, 1.165) is 0 Å². The van der Waals surface area contributed by atoms with Crippen LogP contribution in [-0.4, -0.2) is 54.7 Å². The van der Waals surface area contributed by atoms with Crippen LogP contribution in [0.3, 0.4) is 0 Å². The van der Waals surface area contributed by atoms with E-state index in [0.29, 0.717) is 32.0 Å². The first-order valence-corrected chi connectivity index (χ1v) is 10.6. The molecule has 8 nitrogen and oxygen atoms in total. The molecule has 0 spiro atoms. The van der Waals surface area contributed by atoms with Gasteiger partial charge in [0.05, 0.1) is 0 Å². The summed E-state index contributed by atoms with van der Waals surface area (Å²) >= 11 is 0. The summed E-state index contributed by atoms with van der Waals surface area (Å²) in [5.74, 6) is -0.674. The van der Waals surface area contributed by atoms with Crippen molar-refractivity contribution in [3.63, 3.8) is 0 Å². The average Bonchev–Trinajstić information content (AvgIpc) is 2.60. The topological polar surface area (TPSA) is 116 Å². The first-order chi connectivity index (χ1) is 13.5. The van der Waals surface area contributed by atoms with Crippen LogP contribution in [0.5, 0.6) is 0 Å². The summed E-state index contributed by atoms with van der Waals surface area (Å²) in [5.41, 5.74) is 0. The van der Waals surface area contributed by atoms with E-state index in [1.165, 1.54) is 0 Å².